The average Bonchev–Trinajstić information content (AvgIpc) is 3.13. The lowest BCUT2D eigenvalue weighted by Gasteiger charge is -2.36. The standard InChI is InChI=1S/C26H31N3O4S/c1-17(2)27-14-7-12-26-21(24(32)29(15-8-16-30)22(26)25(27)33)20-19(34-26)11-6-13-28(23(20)31)18-9-4-3-5-10-18/h3-7,9-12,17,19-22,30H,8,13-16H2,1-2H3/t19-,20+,21-,22?,26-/m0/s1. The number of carbonyl (C=O) groups excluding carboxylic acids is 3. The van der Waals surface area contributed by atoms with Crippen molar-refractivity contribution in [1.29, 1.82) is 0 Å². The molecule has 1 unspecified atom stereocenters. The number of fused-ring (bicyclic) bond motifs is 2. The van der Waals surface area contributed by atoms with Crippen molar-refractivity contribution in [2.45, 2.75) is 42.3 Å². The Morgan fingerprint density at radius 2 is 1.82 bits per heavy atom. The number of thioether (sulfide) groups is 1. The van der Waals surface area contributed by atoms with E-state index in [1.165, 1.54) is 0 Å². The van der Waals surface area contributed by atoms with Crippen molar-refractivity contribution in [2.24, 2.45) is 11.8 Å². The number of hydrogen-bond acceptors (Lipinski definition) is 5. The monoisotopic (exact) mass is 481 g/mol. The molecule has 2 fully saturated rings. The number of carbonyl (C=O) groups is 3. The Kier molecular flexibility index (Phi) is 6.06. The van der Waals surface area contributed by atoms with Crippen molar-refractivity contribution < 1.29 is 19.5 Å². The predicted molar refractivity (Wildman–Crippen MR) is 132 cm³/mol. The summed E-state index contributed by atoms with van der Waals surface area (Å²) in [7, 11) is 0. The lowest BCUT2D eigenvalue weighted by molar-refractivity contribution is -0.143. The third-order valence-electron chi connectivity index (χ3n) is 7.44. The highest BCUT2D eigenvalue weighted by atomic mass is 32.2. The Labute approximate surface area is 204 Å². The molecule has 5 atom stereocenters. The molecule has 0 saturated carbocycles. The van der Waals surface area contributed by atoms with E-state index in [2.05, 4.69) is 6.08 Å². The molecule has 1 N–H and O–H groups in total. The van der Waals surface area contributed by atoms with E-state index in [0.29, 0.717) is 26.1 Å². The first-order valence-corrected chi connectivity index (χ1v) is 12.9. The number of hydrogen-bond donors (Lipinski definition) is 1. The van der Waals surface area contributed by atoms with Crippen molar-refractivity contribution in [2.75, 3.05) is 31.1 Å². The molecule has 5 rings (SSSR count). The first-order chi connectivity index (χ1) is 16.4. The Bertz CT molecular complexity index is 1040. The van der Waals surface area contributed by atoms with Gasteiger partial charge in [-0.1, -0.05) is 42.5 Å². The quantitative estimate of drug-likeness (QED) is 0.652. The summed E-state index contributed by atoms with van der Waals surface area (Å²) in [6.07, 6.45) is 8.48. The topological polar surface area (TPSA) is 81.2 Å². The third-order valence-corrected chi connectivity index (χ3v) is 9.18. The van der Waals surface area contributed by atoms with Gasteiger partial charge in [0.15, 0.2) is 0 Å². The predicted octanol–water partition coefficient (Wildman–Crippen LogP) is 2.08. The number of anilines is 1. The number of amides is 3. The summed E-state index contributed by atoms with van der Waals surface area (Å²) in [5.74, 6) is -1.48. The van der Waals surface area contributed by atoms with Gasteiger partial charge in [-0.3, -0.25) is 14.4 Å². The fraction of sp³-hybridized carbons (Fsp3) is 0.500. The summed E-state index contributed by atoms with van der Waals surface area (Å²) < 4.78 is -0.803. The van der Waals surface area contributed by atoms with Gasteiger partial charge in [-0.25, -0.2) is 0 Å². The van der Waals surface area contributed by atoms with Crippen LogP contribution in [0.1, 0.15) is 20.3 Å². The molecule has 0 bridgehead atoms. The molecule has 1 aromatic carbocycles. The van der Waals surface area contributed by atoms with E-state index in [-0.39, 0.29) is 35.6 Å². The van der Waals surface area contributed by atoms with Crippen LogP contribution in [0.2, 0.25) is 0 Å². The SMILES string of the molecule is CC(C)N1CC=C[C@]23S[C@H]4C=CCN(c5ccccc5)C(=O)[C@H]4[C@H]2C(=O)N(CCCO)C3C1=O. The highest BCUT2D eigenvalue weighted by Gasteiger charge is 2.71. The maximum atomic E-state index is 14.0. The van der Waals surface area contributed by atoms with Crippen LogP contribution in [-0.4, -0.2) is 80.9 Å². The van der Waals surface area contributed by atoms with Crippen LogP contribution >= 0.6 is 11.8 Å². The summed E-state index contributed by atoms with van der Waals surface area (Å²) in [4.78, 5) is 47.0. The zero-order valence-electron chi connectivity index (χ0n) is 19.5. The van der Waals surface area contributed by atoms with E-state index >= 15 is 0 Å². The molecular weight excluding hydrogens is 450 g/mol. The summed E-state index contributed by atoms with van der Waals surface area (Å²) in [5.41, 5.74) is 0.807. The van der Waals surface area contributed by atoms with E-state index in [4.69, 9.17) is 0 Å². The van der Waals surface area contributed by atoms with Gasteiger partial charge in [0, 0.05) is 43.2 Å². The van der Waals surface area contributed by atoms with Crippen LogP contribution in [0.25, 0.3) is 0 Å². The van der Waals surface area contributed by atoms with Gasteiger partial charge in [0.05, 0.1) is 16.6 Å². The van der Waals surface area contributed by atoms with Crippen molar-refractivity contribution in [1.82, 2.24) is 9.80 Å². The van der Waals surface area contributed by atoms with Gasteiger partial charge in [0.2, 0.25) is 17.7 Å². The van der Waals surface area contributed by atoms with Crippen molar-refractivity contribution in [3.05, 3.63) is 54.6 Å². The van der Waals surface area contributed by atoms with E-state index in [0.717, 1.165) is 5.69 Å². The van der Waals surface area contributed by atoms with Crippen LogP contribution in [0.3, 0.4) is 0 Å². The summed E-state index contributed by atoms with van der Waals surface area (Å²) in [5, 5.41) is 9.30. The Morgan fingerprint density at radius 3 is 2.53 bits per heavy atom. The molecule has 7 nitrogen and oxygen atoms in total. The molecule has 3 amide bonds. The molecular formula is C26H31N3O4S. The first kappa shape index (κ1) is 23.2. The van der Waals surface area contributed by atoms with Crippen LogP contribution in [0.15, 0.2) is 54.6 Å². The minimum absolute atomic E-state index is 0.00637. The number of aliphatic hydroxyl groups excluding tert-OH is 1. The zero-order chi connectivity index (χ0) is 24.0. The minimum Gasteiger partial charge on any atom is -0.396 e. The van der Waals surface area contributed by atoms with Gasteiger partial charge in [-0.15, -0.1) is 11.8 Å². The van der Waals surface area contributed by atoms with Crippen LogP contribution in [-0.2, 0) is 14.4 Å². The Morgan fingerprint density at radius 1 is 1.06 bits per heavy atom. The van der Waals surface area contributed by atoms with E-state index in [1.54, 1.807) is 26.5 Å². The van der Waals surface area contributed by atoms with Crippen LogP contribution in [0.5, 0.6) is 0 Å². The van der Waals surface area contributed by atoms with Crippen LogP contribution in [0, 0.1) is 11.8 Å². The second-order valence-electron chi connectivity index (χ2n) is 9.65. The van der Waals surface area contributed by atoms with Gasteiger partial charge in [-0.2, -0.15) is 0 Å². The molecule has 0 radical (unpaired) electrons. The average molecular weight is 482 g/mol. The number of benzene rings is 1. The smallest absolute Gasteiger partial charge is 0.247 e. The molecule has 0 aromatic heterocycles. The number of aliphatic hydroxyl groups is 1. The Balaban J connectivity index is 1.60. The van der Waals surface area contributed by atoms with Crippen molar-refractivity contribution in [3.63, 3.8) is 0 Å². The number of nitrogens with zero attached hydrogens (tertiary/aromatic N) is 3. The van der Waals surface area contributed by atoms with Crippen LogP contribution in [0.4, 0.5) is 5.69 Å². The normalized spacial score (nSPS) is 32.7. The summed E-state index contributed by atoms with van der Waals surface area (Å²) >= 11 is 1.59. The summed E-state index contributed by atoms with van der Waals surface area (Å²) in [6, 6.07) is 8.85. The fourth-order valence-corrected chi connectivity index (χ4v) is 7.95. The molecule has 4 heterocycles. The number of para-hydroxylation sites is 1. The lowest BCUT2D eigenvalue weighted by atomic mass is 9.78. The molecule has 1 aromatic rings. The van der Waals surface area contributed by atoms with Gasteiger partial charge in [0.25, 0.3) is 0 Å². The largest absolute Gasteiger partial charge is 0.396 e. The van der Waals surface area contributed by atoms with Crippen molar-refractivity contribution >= 4 is 35.2 Å². The maximum Gasteiger partial charge on any atom is 0.247 e. The minimum atomic E-state index is -0.803. The third kappa shape index (κ3) is 3.41. The molecule has 0 aliphatic carbocycles. The van der Waals surface area contributed by atoms with E-state index < -0.39 is 22.6 Å². The van der Waals surface area contributed by atoms with Gasteiger partial charge in [-0.05, 0) is 32.4 Å². The molecule has 4 aliphatic heterocycles. The number of rotatable bonds is 5. The second kappa shape index (κ2) is 8.89. The molecule has 8 heteroatoms. The van der Waals surface area contributed by atoms with E-state index in [9.17, 15) is 19.5 Å². The first-order valence-electron chi connectivity index (χ1n) is 12.0. The van der Waals surface area contributed by atoms with E-state index in [1.807, 2.05) is 62.4 Å². The molecule has 180 valence electrons. The number of likely N-dealkylation sites (tertiary alicyclic amines) is 1. The Hall–Kier alpha value is -2.58. The molecule has 2 saturated heterocycles. The van der Waals surface area contributed by atoms with Crippen molar-refractivity contribution in [3.8, 4) is 0 Å². The molecule has 4 aliphatic rings. The second-order valence-corrected chi connectivity index (χ2v) is 11.1. The lowest BCUT2D eigenvalue weighted by Crippen LogP contribution is -2.54. The van der Waals surface area contributed by atoms with Gasteiger partial charge < -0.3 is 19.8 Å². The van der Waals surface area contributed by atoms with Gasteiger partial charge >= 0.3 is 0 Å². The highest BCUT2D eigenvalue weighted by molar-refractivity contribution is 8.02. The summed E-state index contributed by atoms with van der Waals surface area (Å²) in [6.45, 7) is 5.14. The zero-order valence-corrected chi connectivity index (χ0v) is 20.4. The fourth-order valence-electron chi connectivity index (χ4n) is 5.94. The maximum absolute atomic E-state index is 14.0. The molecule has 34 heavy (non-hydrogen) atoms. The van der Waals surface area contributed by atoms with Gasteiger partial charge in [0.1, 0.15) is 6.04 Å². The van der Waals surface area contributed by atoms with Crippen LogP contribution < -0.4 is 4.90 Å². The molecule has 1 spiro atoms. The highest BCUT2D eigenvalue weighted by Crippen LogP contribution is 2.61.